The molecule has 1 aromatic rings. The average Bonchev–Trinajstić information content (AvgIpc) is 2.23. The molecule has 0 saturated heterocycles. The van der Waals surface area contributed by atoms with Crippen molar-refractivity contribution < 1.29 is 4.79 Å². The first kappa shape index (κ1) is 12.4. The fourth-order valence-electron chi connectivity index (χ4n) is 1.74. The summed E-state index contributed by atoms with van der Waals surface area (Å²) < 4.78 is 0.974. The van der Waals surface area contributed by atoms with Crippen molar-refractivity contribution >= 4 is 21.7 Å². The summed E-state index contributed by atoms with van der Waals surface area (Å²) in [5, 5.41) is 0. The van der Waals surface area contributed by atoms with Gasteiger partial charge in [-0.3, -0.25) is 4.79 Å². The Bertz CT molecular complexity index is 354. The van der Waals surface area contributed by atoms with Gasteiger partial charge in [0.2, 0.25) is 0 Å². The van der Waals surface area contributed by atoms with Gasteiger partial charge in [0.15, 0.2) is 5.78 Å². The Kier molecular flexibility index (Phi) is 4.52. The summed E-state index contributed by atoms with van der Waals surface area (Å²) in [4.78, 5) is 12.2. The molecule has 0 bridgehead atoms. The lowest BCUT2D eigenvalue weighted by Crippen LogP contribution is -2.14. The number of rotatable bonds is 4. The molecule has 0 heterocycles. The molecular weight excluding hydrogens is 252 g/mol. The minimum absolute atomic E-state index is 0.165. The Morgan fingerprint density at radius 3 is 2.47 bits per heavy atom. The second kappa shape index (κ2) is 5.45. The van der Waals surface area contributed by atoms with E-state index in [9.17, 15) is 4.79 Å². The number of aryl methyl sites for hydroxylation is 1. The second-order valence-electron chi connectivity index (χ2n) is 3.84. The summed E-state index contributed by atoms with van der Waals surface area (Å²) in [5.74, 6) is 0.441. The molecule has 0 N–H and O–H groups in total. The van der Waals surface area contributed by atoms with E-state index in [0.29, 0.717) is 0 Å². The first-order chi connectivity index (χ1) is 7.10. The van der Waals surface area contributed by atoms with E-state index in [1.54, 1.807) is 0 Å². The zero-order valence-electron chi connectivity index (χ0n) is 9.51. The van der Waals surface area contributed by atoms with Gasteiger partial charge in [0.25, 0.3) is 0 Å². The molecule has 0 aliphatic rings. The smallest absolute Gasteiger partial charge is 0.166 e. The van der Waals surface area contributed by atoms with Crippen molar-refractivity contribution in [3.05, 3.63) is 33.8 Å². The fraction of sp³-hybridized carbons (Fsp3) is 0.462. The zero-order valence-corrected chi connectivity index (χ0v) is 11.1. The summed E-state index contributed by atoms with van der Waals surface area (Å²) in [6, 6.07) is 5.88. The van der Waals surface area contributed by atoms with E-state index in [0.717, 1.165) is 28.4 Å². The van der Waals surface area contributed by atoms with E-state index in [4.69, 9.17) is 0 Å². The topological polar surface area (TPSA) is 17.1 Å². The number of ketones is 1. The Balaban J connectivity index is 3.04. The van der Waals surface area contributed by atoms with Crippen LogP contribution in [0.1, 0.15) is 42.6 Å². The highest BCUT2D eigenvalue weighted by molar-refractivity contribution is 9.10. The van der Waals surface area contributed by atoms with E-state index >= 15 is 0 Å². The molecule has 1 nitrogen and oxygen atoms in total. The van der Waals surface area contributed by atoms with Gasteiger partial charge in [-0.1, -0.05) is 35.8 Å². The van der Waals surface area contributed by atoms with Crippen LogP contribution < -0.4 is 0 Å². The van der Waals surface area contributed by atoms with Gasteiger partial charge < -0.3 is 0 Å². The minimum Gasteiger partial charge on any atom is -0.294 e. The monoisotopic (exact) mass is 268 g/mol. The van der Waals surface area contributed by atoms with Crippen LogP contribution in [0.15, 0.2) is 22.7 Å². The fourth-order valence-corrected chi connectivity index (χ4v) is 2.10. The number of Topliss-reactive ketones (excluding diaryl/α,β-unsaturated/α-hetero) is 1. The molecule has 1 rings (SSSR count). The predicted molar refractivity (Wildman–Crippen MR) is 67.3 cm³/mol. The number of hydrogen-bond acceptors (Lipinski definition) is 1. The maximum Gasteiger partial charge on any atom is 0.166 e. The van der Waals surface area contributed by atoms with Crippen LogP contribution in [0.25, 0.3) is 0 Å². The van der Waals surface area contributed by atoms with Crippen LogP contribution in [0.5, 0.6) is 0 Å². The average molecular weight is 269 g/mol. The Morgan fingerprint density at radius 2 is 1.93 bits per heavy atom. The number of carbonyl (C=O) groups is 1. The molecular formula is C13H17BrO. The molecule has 0 aliphatic heterocycles. The molecule has 0 aliphatic carbocycles. The van der Waals surface area contributed by atoms with Gasteiger partial charge in [-0.25, -0.2) is 0 Å². The lowest BCUT2D eigenvalue weighted by atomic mass is 9.91. The van der Waals surface area contributed by atoms with Crippen LogP contribution in [0.4, 0.5) is 0 Å². The van der Waals surface area contributed by atoms with Crippen molar-refractivity contribution in [2.45, 2.75) is 33.6 Å². The maximum absolute atomic E-state index is 12.2. The highest BCUT2D eigenvalue weighted by atomic mass is 79.9. The first-order valence-corrected chi connectivity index (χ1v) is 6.19. The van der Waals surface area contributed by atoms with Crippen molar-refractivity contribution in [2.24, 2.45) is 5.92 Å². The van der Waals surface area contributed by atoms with E-state index in [1.165, 1.54) is 0 Å². The number of carbonyl (C=O) groups excluding carboxylic acids is 1. The number of halogens is 1. The van der Waals surface area contributed by atoms with Crippen LogP contribution in [0.3, 0.4) is 0 Å². The Morgan fingerprint density at radius 1 is 1.33 bits per heavy atom. The maximum atomic E-state index is 12.2. The summed E-state index contributed by atoms with van der Waals surface area (Å²) in [7, 11) is 0. The molecule has 0 saturated carbocycles. The van der Waals surface area contributed by atoms with Crippen molar-refractivity contribution in [1.29, 1.82) is 0 Å². The van der Waals surface area contributed by atoms with Crippen LogP contribution >= 0.6 is 15.9 Å². The Labute approximate surface area is 100 Å². The third-order valence-corrected chi connectivity index (χ3v) is 3.31. The summed E-state index contributed by atoms with van der Waals surface area (Å²) in [6.45, 7) is 6.13. The molecule has 1 aromatic carbocycles. The molecule has 0 amide bonds. The number of hydrogen-bond donors (Lipinski definition) is 0. The van der Waals surface area contributed by atoms with Crippen LogP contribution in [0, 0.1) is 12.8 Å². The molecule has 2 heteroatoms. The molecule has 0 spiro atoms. The van der Waals surface area contributed by atoms with Crippen molar-refractivity contribution in [1.82, 2.24) is 0 Å². The van der Waals surface area contributed by atoms with Gasteiger partial charge in [0.1, 0.15) is 0 Å². The lowest BCUT2D eigenvalue weighted by molar-refractivity contribution is 0.0912. The highest BCUT2D eigenvalue weighted by Crippen LogP contribution is 2.22. The van der Waals surface area contributed by atoms with Gasteiger partial charge in [0.05, 0.1) is 0 Å². The first-order valence-electron chi connectivity index (χ1n) is 5.40. The highest BCUT2D eigenvalue weighted by Gasteiger charge is 2.18. The Hall–Kier alpha value is -0.630. The molecule has 82 valence electrons. The molecule has 0 fully saturated rings. The van der Waals surface area contributed by atoms with Crippen molar-refractivity contribution in [3.8, 4) is 0 Å². The van der Waals surface area contributed by atoms with Gasteiger partial charge in [-0.05, 0) is 37.5 Å². The predicted octanol–water partition coefficient (Wildman–Crippen LogP) is 4.38. The zero-order chi connectivity index (χ0) is 11.4. The second-order valence-corrected chi connectivity index (χ2v) is 4.75. The van der Waals surface area contributed by atoms with E-state index < -0.39 is 0 Å². The van der Waals surface area contributed by atoms with Gasteiger partial charge in [-0.15, -0.1) is 0 Å². The quantitative estimate of drug-likeness (QED) is 0.741. The molecule has 0 radical (unpaired) electrons. The minimum atomic E-state index is 0.165. The molecule has 15 heavy (non-hydrogen) atoms. The largest absolute Gasteiger partial charge is 0.294 e. The lowest BCUT2D eigenvalue weighted by Gasteiger charge is -2.13. The number of benzene rings is 1. The normalized spacial score (nSPS) is 10.7. The van der Waals surface area contributed by atoms with Crippen molar-refractivity contribution in [3.63, 3.8) is 0 Å². The van der Waals surface area contributed by atoms with Crippen LogP contribution in [0.2, 0.25) is 0 Å². The molecule has 0 aromatic heterocycles. The van der Waals surface area contributed by atoms with Gasteiger partial charge >= 0.3 is 0 Å². The van der Waals surface area contributed by atoms with Crippen LogP contribution in [-0.4, -0.2) is 5.78 Å². The standard InChI is InChI=1S/C13H17BrO/c1-4-10(5-2)13(15)12-8-11(14)7-6-9(12)3/h6-8,10H,4-5H2,1-3H3. The van der Waals surface area contributed by atoms with E-state index in [2.05, 4.69) is 29.8 Å². The molecule has 0 unspecified atom stereocenters. The van der Waals surface area contributed by atoms with Crippen molar-refractivity contribution in [2.75, 3.05) is 0 Å². The van der Waals surface area contributed by atoms with E-state index in [1.807, 2.05) is 25.1 Å². The summed E-state index contributed by atoms with van der Waals surface area (Å²) in [6.07, 6.45) is 1.84. The van der Waals surface area contributed by atoms with E-state index in [-0.39, 0.29) is 11.7 Å². The summed E-state index contributed by atoms with van der Waals surface area (Å²) in [5.41, 5.74) is 1.92. The molecule has 0 atom stereocenters. The summed E-state index contributed by atoms with van der Waals surface area (Å²) >= 11 is 3.41. The van der Waals surface area contributed by atoms with Crippen LogP contribution in [-0.2, 0) is 0 Å². The third kappa shape index (κ3) is 2.91. The van der Waals surface area contributed by atoms with Gasteiger partial charge in [0, 0.05) is 16.0 Å². The van der Waals surface area contributed by atoms with Gasteiger partial charge in [-0.2, -0.15) is 0 Å². The third-order valence-electron chi connectivity index (χ3n) is 2.82. The SMILES string of the molecule is CCC(CC)C(=O)c1cc(Br)ccc1C.